The molecule has 0 atom stereocenters. The number of carbonyl (C=O) groups is 2. The Balaban J connectivity index is 2.79. The summed E-state index contributed by atoms with van der Waals surface area (Å²) in [6.07, 6.45) is 5.68. The van der Waals surface area contributed by atoms with Gasteiger partial charge in [-0.2, -0.15) is 0 Å². The van der Waals surface area contributed by atoms with E-state index in [0.717, 1.165) is 0 Å². The van der Waals surface area contributed by atoms with Crippen molar-refractivity contribution in [3.8, 4) is 12.3 Å². The average Bonchev–Trinajstić information content (AvgIpc) is 2.37. The number of hydrogen-bond donors (Lipinski definition) is 1. The van der Waals surface area contributed by atoms with E-state index in [0.29, 0.717) is 17.7 Å². The van der Waals surface area contributed by atoms with Gasteiger partial charge < -0.3 is 10.1 Å². The number of hydrogen-bond acceptors (Lipinski definition) is 3. The van der Waals surface area contributed by atoms with E-state index in [9.17, 15) is 9.59 Å². The van der Waals surface area contributed by atoms with Crippen LogP contribution < -0.4 is 5.32 Å². The molecule has 1 amide bonds. The number of benzene rings is 1. The Labute approximate surface area is 106 Å². The van der Waals surface area contributed by atoms with Crippen LogP contribution in [0.4, 0.5) is 5.69 Å². The van der Waals surface area contributed by atoms with Crippen molar-refractivity contribution in [3.63, 3.8) is 0 Å². The summed E-state index contributed by atoms with van der Waals surface area (Å²) in [5, 5.41) is 2.65. The summed E-state index contributed by atoms with van der Waals surface area (Å²) in [4.78, 5) is 23.2. The minimum Gasteiger partial charge on any atom is -0.462 e. The summed E-state index contributed by atoms with van der Waals surface area (Å²) in [7, 11) is 0. The molecule has 0 heterocycles. The molecule has 0 aromatic heterocycles. The van der Waals surface area contributed by atoms with Crippen LogP contribution in [0, 0.1) is 12.3 Å². The van der Waals surface area contributed by atoms with Gasteiger partial charge in [0.2, 0.25) is 5.91 Å². The lowest BCUT2D eigenvalue weighted by molar-refractivity contribution is -0.116. The third-order valence-electron chi connectivity index (χ3n) is 2.19. The van der Waals surface area contributed by atoms with E-state index >= 15 is 0 Å². The summed E-state index contributed by atoms with van der Waals surface area (Å²) in [6.45, 7) is 2.02. The van der Waals surface area contributed by atoms with Crippen LogP contribution in [0.3, 0.4) is 0 Å². The SMILES string of the molecule is C#CCCC(=O)Nc1ccccc1C(=O)OCC. The minimum atomic E-state index is -0.453. The first-order valence-corrected chi connectivity index (χ1v) is 5.68. The van der Waals surface area contributed by atoms with Gasteiger partial charge in [-0.25, -0.2) is 4.79 Å². The molecule has 4 heteroatoms. The molecule has 1 rings (SSSR count). The fourth-order valence-electron chi connectivity index (χ4n) is 1.38. The molecule has 0 saturated carbocycles. The third-order valence-corrected chi connectivity index (χ3v) is 2.19. The molecule has 1 aromatic rings. The van der Waals surface area contributed by atoms with E-state index in [1.54, 1.807) is 31.2 Å². The standard InChI is InChI=1S/C14H15NO3/c1-3-5-10-13(16)15-12-9-7-6-8-11(12)14(17)18-4-2/h1,6-9H,4-5,10H2,2H3,(H,15,16). The molecule has 4 nitrogen and oxygen atoms in total. The van der Waals surface area contributed by atoms with Gasteiger partial charge in [0.05, 0.1) is 17.9 Å². The Hall–Kier alpha value is -2.28. The Bertz CT molecular complexity index is 474. The number of carbonyl (C=O) groups excluding carboxylic acids is 2. The molecular weight excluding hydrogens is 230 g/mol. The lowest BCUT2D eigenvalue weighted by Gasteiger charge is -2.09. The Morgan fingerprint density at radius 2 is 2.11 bits per heavy atom. The van der Waals surface area contributed by atoms with Crippen LogP contribution in [-0.4, -0.2) is 18.5 Å². The fourth-order valence-corrected chi connectivity index (χ4v) is 1.38. The van der Waals surface area contributed by atoms with Crippen LogP contribution in [0.2, 0.25) is 0 Å². The van der Waals surface area contributed by atoms with Gasteiger partial charge in [-0.3, -0.25) is 4.79 Å². The van der Waals surface area contributed by atoms with Gasteiger partial charge >= 0.3 is 5.97 Å². The van der Waals surface area contributed by atoms with Crippen molar-refractivity contribution in [3.05, 3.63) is 29.8 Å². The Morgan fingerprint density at radius 3 is 2.78 bits per heavy atom. The highest BCUT2D eigenvalue weighted by molar-refractivity contribution is 6.01. The van der Waals surface area contributed by atoms with Gasteiger partial charge in [-0.05, 0) is 19.1 Å². The van der Waals surface area contributed by atoms with E-state index in [1.165, 1.54) is 0 Å². The topological polar surface area (TPSA) is 55.4 Å². The van der Waals surface area contributed by atoms with E-state index in [2.05, 4.69) is 11.2 Å². The zero-order valence-electron chi connectivity index (χ0n) is 10.2. The maximum Gasteiger partial charge on any atom is 0.340 e. The van der Waals surface area contributed by atoms with Crippen LogP contribution in [0.1, 0.15) is 30.1 Å². The zero-order chi connectivity index (χ0) is 13.4. The molecule has 0 saturated heterocycles. The van der Waals surface area contributed by atoms with Crippen LogP contribution in [0.5, 0.6) is 0 Å². The van der Waals surface area contributed by atoms with Crippen molar-refractivity contribution >= 4 is 17.6 Å². The lowest BCUT2D eigenvalue weighted by Crippen LogP contribution is -2.15. The molecule has 94 valence electrons. The number of terminal acetylenes is 1. The smallest absolute Gasteiger partial charge is 0.340 e. The largest absolute Gasteiger partial charge is 0.462 e. The summed E-state index contributed by atoms with van der Waals surface area (Å²) in [6, 6.07) is 6.71. The van der Waals surface area contributed by atoms with E-state index < -0.39 is 5.97 Å². The molecule has 0 aliphatic heterocycles. The number of nitrogens with one attached hydrogen (secondary N) is 1. The molecule has 0 fully saturated rings. The summed E-state index contributed by atoms with van der Waals surface area (Å²) in [5.74, 6) is 1.72. The molecule has 0 bridgehead atoms. The summed E-state index contributed by atoms with van der Waals surface area (Å²) >= 11 is 0. The van der Waals surface area contributed by atoms with Gasteiger partial charge in [0.25, 0.3) is 0 Å². The first-order valence-electron chi connectivity index (χ1n) is 5.68. The highest BCUT2D eigenvalue weighted by Crippen LogP contribution is 2.16. The van der Waals surface area contributed by atoms with E-state index in [4.69, 9.17) is 11.2 Å². The highest BCUT2D eigenvalue weighted by Gasteiger charge is 2.13. The molecule has 0 radical (unpaired) electrons. The second-order valence-corrected chi connectivity index (χ2v) is 3.52. The number of para-hydroxylation sites is 1. The van der Waals surface area contributed by atoms with Crippen LogP contribution in [0.25, 0.3) is 0 Å². The monoisotopic (exact) mass is 245 g/mol. The van der Waals surface area contributed by atoms with Crippen molar-refractivity contribution in [1.82, 2.24) is 0 Å². The predicted octanol–water partition coefficient (Wildman–Crippen LogP) is 2.22. The number of ether oxygens (including phenoxy) is 1. The van der Waals surface area contributed by atoms with Gasteiger partial charge in [0.1, 0.15) is 0 Å². The Morgan fingerprint density at radius 1 is 1.39 bits per heavy atom. The second kappa shape index (κ2) is 7.13. The first kappa shape index (κ1) is 13.8. The summed E-state index contributed by atoms with van der Waals surface area (Å²) in [5.41, 5.74) is 0.784. The minimum absolute atomic E-state index is 0.218. The quantitative estimate of drug-likeness (QED) is 0.639. The van der Waals surface area contributed by atoms with Gasteiger partial charge in [-0.1, -0.05) is 12.1 Å². The first-order chi connectivity index (χ1) is 8.69. The number of esters is 1. The van der Waals surface area contributed by atoms with Gasteiger partial charge in [0.15, 0.2) is 0 Å². The number of rotatable bonds is 5. The molecule has 0 aliphatic carbocycles. The fraction of sp³-hybridized carbons (Fsp3) is 0.286. The maximum atomic E-state index is 11.7. The molecule has 18 heavy (non-hydrogen) atoms. The van der Waals surface area contributed by atoms with E-state index in [1.807, 2.05) is 0 Å². The van der Waals surface area contributed by atoms with Crippen molar-refractivity contribution in [2.24, 2.45) is 0 Å². The molecule has 0 aliphatic rings. The molecule has 0 spiro atoms. The van der Waals surface area contributed by atoms with Gasteiger partial charge in [-0.15, -0.1) is 12.3 Å². The van der Waals surface area contributed by atoms with Crippen molar-refractivity contribution in [2.75, 3.05) is 11.9 Å². The number of anilines is 1. The highest BCUT2D eigenvalue weighted by atomic mass is 16.5. The molecular formula is C14H15NO3. The van der Waals surface area contributed by atoms with Crippen LogP contribution >= 0.6 is 0 Å². The van der Waals surface area contributed by atoms with Crippen molar-refractivity contribution < 1.29 is 14.3 Å². The molecule has 1 aromatic carbocycles. The van der Waals surface area contributed by atoms with E-state index in [-0.39, 0.29) is 18.9 Å². The summed E-state index contributed by atoms with van der Waals surface area (Å²) < 4.78 is 4.91. The predicted molar refractivity (Wildman–Crippen MR) is 69.1 cm³/mol. The number of amides is 1. The van der Waals surface area contributed by atoms with Crippen LogP contribution in [0.15, 0.2) is 24.3 Å². The average molecular weight is 245 g/mol. The second-order valence-electron chi connectivity index (χ2n) is 3.52. The lowest BCUT2D eigenvalue weighted by atomic mass is 10.1. The Kier molecular flexibility index (Phi) is 5.46. The van der Waals surface area contributed by atoms with Gasteiger partial charge in [0, 0.05) is 12.8 Å². The molecule has 0 unspecified atom stereocenters. The van der Waals surface area contributed by atoms with Crippen LogP contribution in [-0.2, 0) is 9.53 Å². The third kappa shape index (κ3) is 3.95. The zero-order valence-corrected chi connectivity index (χ0v) is 10.2. The van der Waals surface area contributed by atoms with Crippen molar-refractivity contribution in [2.45, 2.75) is 19.8 Å². The van der Waals surface area contributed by atoms with Crippen molar-refractivity contribution in [1.29, 1.82) is 0 Å². The molecule has 1 N–H and O–H groups in total. The maximum absolute atomic E-state index is 11.7. The normalized spacial score (nSPS) is 9.33.